The minimum Gasteiger partial charge on any atom is -0.324 e. The van der Waals surface area contributed by atoms with Crippen LogP contribution in [0.2, 0.25) is 0 Å². The van der Waals surface area contributed by atoms with Crippen molar-refractivity contribution >= 4 is 47.6 Å². The van der Waals surface area contributed by atoms with Gasteiger partial charge in [-0.3, -0.25) is 9.59 Å². The molecule has 1 aliphatic heterocycles. The monoisotopic (exact) mass is 317 g/mol. The Labute approximate surface area is 131 Å². The topological polar surface area (TPSA) is 58.2 Å². The molecule has 4 nitrogen and oxygen atoms in total. The summed E-state index contributed by atoms with van der Waals surface area (Å²) in [5, 5.41) is 5.60. The van der Waals surface area contributed by atoms with Crippen LogP contribution in [0.1, 0.15) is 10.4 Å². The van der Waals surface area contributed by atoms with Crippen molar-refractivity contribution in [3.63, 3.8) is 0 Å². The molecule has 0 spiro atoms. The van der Waals surface area contributed by atoms with Crippen LogP contribution in [0.25, 0.3) is 0 Å². The van der Waals surface area contributed by atoms with Crippen LogP contribution in [0.3, 0.4) is 0 Å². The molecule has 0 saturated heterocycles. The van der Waals surface area contributed by atoms with E-state index in [1.165, 1.54) is 11.8 Å². The molecule has 1 heterocycles. The lowest BCUT2D eigenvalue weighted by molar-refractivity contribution is -0.113. The van der Waals surface area contributed by atoms with Crippen molar-refractivity contribution in [1.29, 1.82) is 0 Å². The number of fused-ring (bicyclic) bond motifs is 1. The van der Waals surface area contributed by atoms with Gasteiger partial charge in [-0.1, -0.05) is 0 Å². The average molecular weight is 317 g/mol. The molecule has 0 fully saturated rings. The third-order valence-corrected chi connectivity index (χ3v) is 4.42. The van der Waals surface area contributed by atoms with Gasteiger partial charge in [-0.25, -0.2) is 0 Å². The zero-order valence-corrected chi connectivity index (χ0v) is 12.8. The number of hydrogen-bond donors (Lipinski definition) is 2. The van der Waals surface area contributed by atoms with E-state index in [1.54, 1.807) is 12.1 Å². The maximum atomic E-state index is 12.2. The molecule has 2 aromatic carbocycles. The van der Waals surface area contributed by atoms with Gasteiger partial charge in [-0.05, 0) is 55.1 Å². The van der Waals surface area contributed by atoms with Crippen LogP contribution in [-0.4, -0.2) is 17.6 Å². The zero-order valence-electron chi connectivity index (χ0n) is 11.0. The number of anilines is 2. The molecular formula is C15H13N2O2S2+. The molecule has 2 N–H and O–H groups in total. The standard InChI is InChI=1S/C15H12N2O2S2/c18-14-8-21-13-6-1-9(7-12(13)17-14)15(19)16-10-2-4-11(20)5-3-10/h1-7,20H,8H2,(H,16,19)(H,17,18)/p+1. The number of amides is 2. The van der Waals surface area contributed by atoms with Crippen LogP contribution >= 0.6 is 11.8 Å². The molecule has 2 amide bonds. The van der Waals surface area contributed by atoms with E-state index >= 15 is 0 Å². The van der Waals surface area contributed by atoms with E-state index < -0.39 is 0 Å². The number of hydrogen-bond acceptors (Lipinski definition) is 3. The summed E-state index contributed by atoms with van der Waals surface area (Å²) < 4.78 is 0. The second-order valence-electron chi connectivity index (χ2n) is 4.58. The lowest BCUT2D eigenvalue weighted by Crippen LogP contribution is -2.19. The summed E-state index contributed by atoms with van der Waals surface area (Å²) in [6.45, 7) is 0. The molecule has 0 bridgehead atoms. The molecule has 1 aliphatic rings. The van der Waals surface area contributed by atoms with Gasteiger partial charge in [0.05, 0.1) is 11.4 Å². The van der Waals surface area contributed by atoms with Crippen molar-refractivity contribution in [3.05, 3.63) is 48.0 Å². The first-order valence-corrected chi connectivity index (χ1v) is 7.80. The summed E-state index contributed by atoms with van der Waals surface area (Å²) in [5.74, 6) is 0.166. The summed E-state index contributed by atoms with van der Waals surface area (Å²) in [4.78, 5) is 25.5. The fourth-order valence-corrected chi connectivity index (χ4v) is 2.94. The number of nitrogens with one attached hydrogen (secondary N) is 2. The summed E-state index contributed by atoms with van der Waals surface area (Å²) in [6, 6.07) is 12.7. The Kier molecular flexibility index (Phi) is 3.90. The van der Waals surface area contributed by atoms with Crippen molar-refractivity contribution in [1.82, 2.24) is 0 Å². The molecular weight excluding hydrogens is 304 g/mol. The molecule has 21 heavy (non-hydrogen) atoms. The first kappa shape index (κ1) is 14.0. The van der Waals surface area contributed by atoms with Crippen LogP contribution in [0.4, 0.5) is 11.4 Å². The summed E-state index contributed by atoms with van der Waals surface area (Å²) in [7, 11) is 0. The molecule has 0 radical (unpaired) electrons. The van der Waals surface area contributed by atoms with Crippen LogP contribution in [0.5, 0.6) is 0 Å². The highest BCUT2D eigenvalue weighted by Crippen LogP contribution is 2.32. The predicted octanol–water partition coefficient (Wildman–Crippen LogP) is 2.35. The summed E-state index contributed by atoms with van der Waals surface area (Å²) >= 11 is 4.87. The van der Waals surface area contributed by atoms with Crippen molar-refractivity contribution in [2.75, 3.05) is 16.4 Å². The van der Waals surface area contributed by atoms with Gasteiger partial charge in [-0.15, -0.1) is 11.8 Å². The summed E-state index contributed by atoms with van der Waals surface area (Å²) in [5.41, 5.74) is 1.93. The van der Waals surface area contributed by atoms with Crippen molar-refractivity contribution in [2.45, 2.75) is 9.79 Å². The Morgan fingerprint density at radius 3 is 2.71 bits per heavy atom. The van der Waals surface area contributed by atoms with Crippen LogP contribution in [-0.2, 0) is 17.4 Å². The number of benzene rings is 2. The van der Waals surface area contributed by atoms with Gasteiger partial charge < -0.3 is 10.6 Å². The number of thioether (sulfide) groups is 1. The Bertz CT molecular complexity index is 714. The molecule has 0 aliphatic carbocycles. The van der Waals surface area contributed by atoms with Gasteiger partial charge in [-0.2, -0.15) is 0 Å². The third kappa shape index (κ3) is 3.22. The third-order valence-electron chi connectivity index (χ3n) is 3.02. The Balaban J connectivity index is 1.80. The van der Waals surface area contributed by atoms with Crippen LogP contribution < -0.4 is 10.6 Å². The van der Waals surface area contributed by atoms with Gasteiger partial charge in [0.15, 0.2) is 0 Å². The molecule has 3 rings (SSSR count). The number of carbonyl (C=O) groups excluding carboxylic acids is 2. The maximum Gasteiger partial charge on any atom is 0.255 e. The molecule has 0 unspecified atom stereocenters. The molecule has 0 atom stereocenters. The van der Waals surface area contributed by atoms with Gasteiger partial charge in [0, 0.05) is 16.1 Å². The molecule has 6 heteroatoms. The highest BCUT2D eigenvalue weighted by Gasteiger charge is 2.17. The first-order valence-electron chi connectivity index (χ1n) is 6.31. The Morgan fingerprint density at radius 1 is 1.19 bits per heavy atom. The quantitative estimate of drug-likeness (QED) is 0.836. The van der Waals surface area contributed by atoms with Gasteiger partial charge in [0.25, 0.3) is 5.91 Å². The largest absolute Gasteiger partial charge is 0.324 e. The average Bonchev–Trinajstić information content (AvgIpc) is 2.48. The minimum atomic E-state index is -0.204. The smallest absolute Gasteiger partial charge is 0.255 e. The van der Waals surface area contributed by atoms with E-state index in [0.29, 0.717) is 17.0 Å². The number of carbonyl (C=O) groups is 2. The van der Waals surface area contributed by atoms with Crippen molar-refractivity contribution in [2.24, 2.45) is 0 Å². The van der Waals surface area contributed by atoms with E-state index in [4.69, 9.17) is 0 Å². The van der Waals surface area contributed by atoms with E-state index in [9.17, 15) is 9.59 Å². The van der Waals surface area contributed by atoms with Crippen LogP contribution in [0.15, 0.2) is 52.3 Å². The van der Waals surface area contributed by atoms with Crippen LogP contribution in [0, 0.1) is 0 Å². The molecule has 2 aromatic rings. The normalized spacial score (nSPS) is 13.3. The van der Waals surface area contributed by atoms with Gasteiger partial charge >= 0.3 is 0 Å². The molecule has 106 valence electrons. The lowest BCUT2D eigenvalue weighted by Gasteiger charge is -2.16. The number of rotatable bonds is 2. The Morgan fingerprint density at radius 2 is 1.95 bits per heavy atom. The van der Waals surface area contributed by atoms with Gasteiger partial charge in [0.2, 0.25) is 5.91 Å². The fourth-order valence-electron chi connectivity index (χ4n) is 1.98. The second kappa shape index (κ2) is 5.83. The fraction of sp³-hybridized carbons (Fsp3) is 0.0667. The molecule has 0 aromatic heterocycles. The maximum absolute atomic E-state index is 12.2. The van der Waals surface area contributed by atoms with Gasteiger partial charge in [0.1, 0.15) is 4.90 Å². The van der Waals surface area contributed by atoms with Crippen molar-refractivity contribution < 1.29 is 9.59 Å². The lowest BCUT2D eigenvalue weighted by atomic mass is 10.1. The van der Waals surface area contributed by atoms with E-state index in [0.717, 1.165) is 15.5 Å². The Hall–Kier alpha value is -1.92. The van der Waals surface area contributed by atoms with Crippen molar-refractivity contribution in [3.8, 4) is 0 Å². The summed E-state index contributed by atoms with van der Waals surface area (Å²) in [6.07, 6.45) is 0. The zero-order chi connectivity index (χ0) is 14.8. The first-order chi connectivity index (χ1) is 10.1. The van der Waals surface area contributed by atoms with E-state index in [-0.39, 0.29) is 11.8 Å². The predicted molar refractivity (Wildman–Crippen MR) is 88.6 cm³/mol. The van der Waals surface area contributed by atoms with E-state index in [2.05, 4.69) is 23.3 Å². The van der Waals surface area contributed by atoms with E-state index in [1.807, 2.05) is 30.3 Å². The highest BCUT2D eigenvalue weighted by atomic mass is 32.2. The highest BCUT2D eigenvalue weighted by molar-refractivity contribution is 8.00. The minimum absolute atomic E-state index is 0.0437. The molecule has 0 saturated carbocycles. The SMILES string of the molecule is O=C1CSc2ccc(C(=O)Nc3ccc([SH2+])cc3)cc2N1. The second-order valence-corrected chi connectivity index (χ2v) is 6.17.